The Morgan fingerprint density at radius 3 is 1.10 bits per heavy atom. The van der Waals surface area contributed by atoms with Crippen LogP contribution in [0.25, 0.3) is 68.6 Å². The van der Waals surface area contributed by atoms with Gasteiger partial charge in [-0.05, 0) is 151 Å². The van der Waals surface area contributed by atoms with Gasteiger partial charge in [-0.1, -0.05) is 234 Å². The molecule has 0 saturated heterocycles. The van der Waals surface area contributed by atoms with Gasteiger partial charge in [-0.25, -0.2) is 9.97 Å². The van der Waals surface area contributed by atoms with E-state index >= 15 is 0 Å². The topological polar surface area (TPSA) is 97.5 Å². The second-order valence-corrected chi connectivity index (χ2v) is 28.0. The summed E-state index contributed by atoms with van der Waals surface area (Å²) in [6.45, 7) is 25.1. The fourth-order valence-corrected chi connectivity index (χ4v) is 12.8. The zero-order valence-corrected chi connectivity index (χ0v) is 58.6. The SMILES string of the molecule is CCCCCCCCOc1cccc(OCCCCCCCC)c1-c1c2nc(cc3ccc([nH]3)c(N(c3ccc(C(C)(C)C)cc3)c3ccc(C(C)(C)C)cc3)c3nc(c(-c4c(OCCCCCCCC)cccc4OCCCCCCCC)c4ccc1[nH]4)C=C3)C=C2. The molecule has 0 radical (unpaired) electrons. The molecule has 93 heavy (non-hydrogen) atoms. The van der Waals surface area contributed by atoms with Crippen molar-refractivity contribution >= 4 is 63.4 Å². The van der Waals surface area contributed by atoms with Crippen molar-refractivity contribution in [1.82, 2.24) is 19.9 Å². The first-order chi connectivity index (χ1) is 45.3. The van der Waals surface area contributed by atoms with Gasteiger partial charge in [0.1, 0.15) is 23.0 Å². The molecule has 7 aromatic rings. The van der Waals surface area contributed by atoms with Crippen LogP contribution in [0.15, 0.2) is 115 Å². The van der Waals surface area contributed by atoms with Gasteiger partial charge in [-0.15, -0.1) is 0 Å². The molecule has 0 unspecified atom stereocenters. The van der Waals surface area contributed by atoms with Crippen molar-refractivity contribution in [1.29, 1.82) is 0 Å². The lowest BCUT2D eigenvalue weighted by Gasteiger charge is -2.28. The van der Waals surface area contributed by atoms with Crippen LogP contribution in [0.3, 0.4) is 0 Å². The summed E-state index contributed by atoms with van der Waals surface area (Å²) in [4.78, 5) is 21.8. The molecule has 496 valence electrons. The Bertz CT molecular complexity index is 3560. The van der Waals surface area contributed by atoms with E-state index in [1.807, 2.05) is 0 Å². The highest BCUT2D eigenvalue weighted by molar-refractivity contribution is 6.01. The van der Waals surface area contributed by atoms with E-state index in [0.29, 0.717) is 26.4 Å². The van der Waals surface area contributed by atoms with E-state index in [2.05, 4.69) is 224 Å². The van der Waals surface area contributed by atoms with Gasteiger partial charge in [-0.3, -0.25) is 0 Å². The van der Waals surface area contributed by atoms with Crippen molar-refractivity contribution in [2.75, 3.05) is 31.3 Å². The van der Waals surface area contributed by atoms with Gasteiger partial charge in [0, 0.05) is 39.1 Å². The summed E-state index contributed by atoms with van der Waals surface area (Å²) in [5, 5.41) is 0. The second-order valence-electron chi connectivity index (χ2n) is 28.0. The number of unbranched alkanes of at least 4 members (excludes halogenated alkanes) is 20. The molecular weight excluding hydrogens is 1140 g/mol. The largest absolute Gasteiger partial charge is 0.493 e. The van der Waals surface area contributed by atoms with Crippen LogP contribution in [-0.4, -0.2) is 46.4 Å². The zero-order chi connectivity index (χ0) is 65.4. The second kappa shape index (κ2) is 35.1. The molecular formula is C84H111N5O4. The molecule has 9 heteroatoms. The van der Waals surface area contributed by atoms with Gasteiger partial charge in [0.05, 0.1) is 71.5 Å². The van der Waals surface area contributed by atoms with Crippen LogP contribution in [0.2, 0.25) is 0 Å². The van der Waals surface area contributed by atoms with E-state index in [0.717, 1.165) is 159 Å². The van der Waals surface area contributed by atoms with Gasteiger partial charge in [-0.2, -0.15) is 0 Å². The number of aromatic nitrogens is 4. The first-order valence-corrected chi connectivity index (χ1v) is 36.2. The third-order valence-corrected chi connectivity index (χ3v) is 18.3. The van der Waals surface area contributed by atoms with E-state index in [1.54, 1.807) is 0 Å². The van der Waals surface area contributed by atoms with E-state index in [1.165, 1.54) is 114 Å². The lowest BCUT2D eigenvalue weighted by molar-refractivity contribution is 0.292. The van der Waals surface area contributed by atoms with Crippen LogP contribution >= 0.6 is 0 Å². The molecule has 0 amide bonds. The first kappa shape index (κ1) is 69.8. The number of nitrogens with zero attached hydrogens (tertiary/aromatic N) is 3. The van der Waals surface area contributed by atoms with E-state index in [4.69, 9.17) is 28.9 Å². The number of anilines is 3. The summed E-state index contributed by atoms with van der Waals surface area (Å²) in [5.74, 6) is 3.11. The molecule has 0 spiro atoms. The molecule has 0 aliphatic carbocycles. The van der Waals surface area contributed by atoms with Crippen LogP contribution in [0, 0.1) is 0 Å². The summed E-state index contributed by atoms with van der Waals surface area (Å²) in [5.41, 5.74) is 15.8. The number of hydrogen-bond donors (Lipinski definition) is 2. The molecule has 2 aliphatic heterocycles. The van der Waals surface area contributed by atoms with Crippen molar-refractivity contribution in [3.05, 3.63) is 149 Å². The number of benzene rings is 4. The Morgan fingerprint density at radius 2 is 0.699 bits per heavy atom. The molecule has 2 N–H and O–H groups in total. The predicted molar refractivity (Wildman–Crippen MR) is 397 cm³/mol. The van der Waals surface area contributed by atoms with Crippen LogP contribution in [-0.2, 0) is 10.8 Å². The maximum absolute atomic E-state index is 7.08. The smallest absolute Gasteiger partial charge is 0.131 e. The maximum Gasteiger partial charge on any atom is 0.131 e. The molecule has 8 bridgehead atoms. The Balaban J connectivity index is 1.33. The quantitative estimate of drug-likeness (QED) is 0.0374. The fourth-order valence-electron chi connectivity index (χ4n) is 12.8. The summed E-state index contributed by atoms with van der Waals surface area (Å²) < 4.78 is 28.1. The minimum atomic E-state index is -0.0319. The molecule has 0 atom stereocenters. The standard InChI is InChI=1S/C84H111N5O4/c1-11-15-19-23-27-31-57-90-74-37-35-38-75(91-58-32-28-24-20-16-12-2)80(74)78-68-51-45-64(85-68)61-65-46-52-72(86-65)82(89(66-47-41-62(42-48-66)83(5,6)7)67-49-43-63(44-50-67)84(8,9)10)73-56-55-71(88-73)79(70-54-53-69(78)87-70)81-76(92-59-33-29-25-21-17-13-3)39-36-40-77(81)93-60-34-30-26-22-18-14-4/h35-56,61,86-87H,11-34,57-60H2,1-10H3. The van der Waals surface area contributed by atoms with Crippen LogP contribution < -0.4 is 23.8 Å². The highest BCUT2D eigenvalue weighted by Crippen LogP contribution is 2.48. The molecule has 0 fully saturated rings. The highest BCUT2D eigenvalue weighted by atomic mass is 16.5. The van der Waals surface area contributed by atoms with Crippen LogP contribution in [0.4, 0.5) is 17.1 Å². The number of fused-ring (bicyclic) bond motifs is 8. The van der Waals surface area contributed by atoms with Crippen molar-refractivity contribution in [3.8, 4) is 45.3 Å². The molecule has 3 aromatic heterocycles. The Kier molecular flexibility index (Phi) is 26.4. The van der Waals surface area contributed by atoms with Gasteiger partial charge in [0.15, 0.2) is 0 Å². The number of hydrogen-bond acceptors (Lipinski definition) is 7. The summed E-state index contributed by atoms with van der Waals surface area (Å²) in [7, 11) is 0. The van der Waals surface area contributed by atoms with Crippen molar-refractivity contribution in [2.24, 2.45) is 0 Å². The lowest BCUT2D eigenvalue weighted by Crippen LogP contribution is -2.15. The Hall–Kier alpha value is -7.52. The number of ether oxygens (including phenoxy) is 4. The minimum absolute atomic E-state index is 0.0319. The van der Waals surface area contributed by atoms with Crippen LogP contribution in [0.5, 0.6) is 23.0 Å². The third-order valence-electron chi connectivity index (χ3n) is 18.3. The van der Waals surface area contributed by atoms with Gasteiger partial charge < -0.3 is 33.8 Å². The van der Waals surface area contributed by atoms with E-state index < -0.39 is 0 Å². The fraction of sp³-hybridized carbons (Fsp3) is 0.476. The van der Waals surface area contributed by atoms with Gasteiger partial charge in [0.25, 0.3) is 0 Å². The lowest BCUT2D eigenvalue weighted by atomic mass is 9.86. The van der Waals surface area contributed by atoms with Crippen molar-refractivity contribution in [2.45, 2.75) is 234 Å². The molecule has 0 saturated carbocycles. The summed E-state index contributed by atoms with van der Waals surface area (Å²) >= 11 is 0. The summed E-state index contributed by atoms with van der Waals surface area (Å²) in [6, 6.07) is 41.7. The average molecular weight is 1250 g/mol. The van der Waals surface area contributed by atoms with E-state index in [-0.39, 0.29) is 10.8 Å². The normalized spacial score (nSPS) is 12.2. The van der Waals surface area contributed by atoms with E-state index in [9.17, 15) is 0 Å². The minimum Gasteiger partial charge on any atom is -0.493 e. The number of rotatable bonds is 37. The number of aromatic amines is 2. The Morgan fingerprint density at radius 1 is 0.344 bits per heavy atom. The monoisotopic (exact) mass is 1250 g/mol. The predicted octanol–water partition coefficient (Wildman–Crippen LogP) is 25.0. The summed E-state index contributed by atoms with van der Waals surface area (Å²) in [6.07, 6.45) is 36.8. The molecule has 9 nitrogen and oxygen atoms in total. The Labute approximate surface area is 559 Å². The van der Waals surface area contributed by atoms with Gasteiger partial charge >= 0.3 is 0 Å². The van der Waals surface area contributed by atoms with Crippen molar-refractivity contribution < 1.29 is 18.9 Å². The third kappa shape index (κ3) is 19.3. The molecule has 2 aliphatic rings. The first-order valence-electron chi connectivity index (χ1n) is 36.2. The average Bonchev–Trinajstić information content (AvgIpc) is 1.69. The van der Waals surface area contributed by atoms with Crippen LogP contribution in [0.1, 0.15) is 257 Å². The maximum atomic E-state index is 7.08. The molecule has 5 heterocycles. The number of nitrogens with one attached hydrogen (secondary N) is 2. The molecule has 9 rings (SSSR count). The van der Waals surface area contributed by atoms with Gasteiger partial charge in [0.2, 0.25) is 0 Å². The zero-order valence-electron chi connectivity index (χ0n) is 58.6. The highest BCUT2D eigenvalue weighted by Gasteiger charge is 2.27. The van der Waals surface area contributed by atoms with Crippen molar-refractivity contribution in [3.63, 3.8) is 0 Å². The molecule has 4 aromatic carbocycles. The number of H-pyrrole nitrogens is 2.